The molecule has 0 aliphatic heterocycles. The Hall–Kier alpha value is -1.12. The molecular formula is C14H12F3IN2. The minimum atomic E-state index is -0.623. The molecule has 0 aliphatic rings. The Bertz CT molecular complexity index is 599. The van der Waals surface area contributed by atoms with Gasteiger partial charge in [-0.1, -0.05) is 12.1 Å². The normalized spacial score (nSPS) is 12.4. The highest BCUT2D eigenvalue weighted by Gasteiger charge is 2.18. The number of halogens is 4. The van der Waals surface area contributed by atoms with Crippen LogP contribution >= 0.6 is 22.6 Å². The van der Waals surface area contributed by atoms with Crippen LogP contribution in [0.4, 0.5) is 13.2 Å². The van der Waals surface area contributed by atoms with Crippen molar-refractivity contribution in [3.05, 3.63) is 68.5 Å². The van der Waals surface area contributed by atoms with Crippen LogP contribution < -0.4 is 11.3 Å². The Morgan fingerprint density at radius 3 is 2.30 bits per heavy atom. The van der Waals surface area contributed by atoms with Crippen LogP contribution in [0.1, 0.15) is 17.2 Å². The van der Waals surface area contributed by atoms with E-state index in [1.165, 1.54) is 30.3 Å². The van der Waals surface area contributed by atoms with Gasteiger partial charge in [0.2, 0.25) is 0 Å². The predicted molar refractivity (Wildman–Crippen MR) is 79.2 cm³/mol. The van der Waals surface area contributed by atoms with E-state index in [1.54, 1.807) is 6.07 Å². The minimum Gasteiger partial charge on any atom is -0.271 e. The number of hydrazine groups is 1. The molecule has 106 valence electrons. The van der Waals surface area contributed by atoms with Crippen LogP contribution in [-0.4, -0.2) is 0 Å². The third-order valence-corrected chi connectivity index (χ3v) is 3.94. The summed E-state index contributed by atoms with van der Waals surface area (Å²) >= 11 is 1.96. The van der Waals surface area contributed by atoms with E-state index in [4.69, 9.17) is 5.84 Å². The van der Waals surface area contributed by atoms with Crippen LogP contribution in [0.3, 0.4) is 0 Å². The van der Waals surface area contributed by atoms with Crippen molar-refractivity contribution in [1.82, 2.24) is 5.43 Å². The molecule has 2 nitrogen and oxygen atoms in total. The van der Waals surface area contributed by atoms with Gasteiger partial charge in [0.1, 0.15) is 17.5 Å². The van der Waals surface area contributed by atoms with E-state index >= 15 is 0 Å². The second kappa shape index (κ2) is 6.55. The summed E-state index contributed by atoms with van der Waals surface area (Å²) in [5, 5.41) is 0. The lowest BCUT2D eigenvalue weighted by molar-refractivity contribution is 0.498. The molecule has 6 heteroatoms. The second-order valence-electron chi connectivity index (χ2n) is 4.29. The molecule has 0 fully saturated rings. The van der Waals surface area contributed by atoms with Crippen LogP contribution in [0.25, 0.3) is 0 Å². The topological polar surface area (TPSA) is 38.0 Å². The standard InChI is InChI=1S/C14H12F3IN2/c15-8-4-5-9(13(18)6-8)14(20-19)7-10-11(16)2-1-3-12(10)17/h1-6,14,20H,7,19H2. The van der Waals surface area contributed by atoms with Gasteiger partial charge in [-0.05, 0) is 58.8 Å². The summed E-state index contributed by atoms with van der Waals surface area (Å²) in [6.45, 7) is 0. The summed E-state index contributed by atoms with van der Waals surface area (Å²) in [6.07, 6.45) is 0.0383. The molecule has 0 aromatic heterocycles. The van der Waals surface area contributed by atoms with Gasteiger partial charge in [0, 0.05) is 9.13 Å². The molecule has 2 aromatic carbocycles. The number of hydrogen-bond donors (Lipinski definition) is 2. The molecule has 0 amide bonds. The Kier molecular flexibility index (Phi) is 5.00. The van der Waals surface area contributed by atoms with Gasteiger partial charge < -0.3 is 0 Å². The lowest BCUT2D eigenvalue weighted by Gasteiger charge is -2.18. The monoisotopic (exact) mass is 392 g/mol. The fourth-order valence-corrected chi connectivity index (χ4v) is 2.83. The fraction of sp³-hybridized carbons (Fsp3) is 0.143. The molecule has 20 heavy (non-hydrogen) atoms. The van der Waals surface area contributed by atoms with E-state index in [-0.39, 0.29) is 17.8 Å². The molecule has 1 unspecified atom stereocenters. The molecular weight excluding hydrogens is 380 g/mol. The van der Waals surface area contributed by atoms with Crippen molar-refractivity contribution < 1.29 is 13.2 Å². The van der Waals surface area contributed by atoms with E-state index in [9.17, 15) is 13.2 Å². The molecule has 2 rings (SSSR count). The van der Waals surface area contributed by atoms with Gasteiger partial charge >= 0.3 is 0 Å². The summed E-state index contributed by atoms with van der Waals surface area (Å²) in [5.74, 6) is 3.85. The Balaban J connectivity index is 2.34. The number of hydrogen-bond acceptors (Lipinski definition) is 2. The quantitative estimate of drug-likeness (QED) is 0.475. The first-order valence-corrected chi connectivity index (χ1v) is 6.94. The molecule has 1 atom stereocenters. The highest BCUT2D eigenvalue weighted by molar-refractivity contribution is 14.1. The summed E-state index contributed by atoms with van der Waals surface area (Å²) < 4.78 is 41.0. The van der Waals surface area contributed by atoms with Gasteiger partial charge in [0.25, 0.3) is 0 Å². The Morgan fingerprint density at radius 2 is 1.75 bits per heavy atom. The zero-order chi connectivity index (χ0) is 14.7. The first kappa shape index (κ1) is 15.3. The van der Waals surface area contributed by atoms with Crippen molar-refractivity contribution in [1.29, 1.82) is 0 Å². The first-order valence-electron chi connectivity index (χ1n) is 5.87. The van der Waals surface area contributed by atoms with E-state index in [1.807, 2.05) is 22.6 Å². The zero-order valence-electron chi connectivity index (χ0n) is 10.3. The molecule has 2 aromatic rings. The first-order chi connectivity index (χ1) is 9.52. The average Bonchev–Trinajstić information content (AvgIpc) is 2.40. The Morgan fingerprint density at radius 1 is 1.10 bits per heavy atom. The van der Waals surface area contributed by atoms with Crippen molar-refractivity contribution in [2.24, 2.45) is 5.84 Å². The highest BCUT2D eigenvalue weighted by atomic mass is 127. The number of rotatable bonds is 4. The third-order valence-electron chi connectivity index (χ3n) is 3.01. The zero-order valence-corrected chi connectivity index (χ0v) is 12.5. The van der Waals surface area contributed by atoms with Crippen LogP contribution in [-0.2, 0) is 6.42 Å². The van der Waals surface area contributed by atoms with Gasteiger partial charge in [-0.3, -0.25) is 11.3 Å². The lowest BCUT2D eigenvalue weighted by atomic mass is 9.98. The summed E-state index contributed by atoms with van der Waals surface area (Å²) in [7, 11) is 0. The second-order valence-corrected chi connectivity index (χ2v) is 5.45. The number of nitrogens with one attached hydrogen (secondary N) is 1. The SMILES string of the molecule is NNC(Cc1c(F)cccc1F)c1ccc(F)cc1I. The smallest absolute Gasteiger partial charge is 0.129 e. The van der Waals surface area contributed by atoms with Crippen LogP contribution in [0, 0.1) is 21.0 Å². The van der Waals surface area contributed by atoms with E-state index in [2.05, 4.69) is 5.43 Å². The minimum absolute atomic E-state index is 0.0383. The molecule has 0 aliphatic carbocycles. The molecule has 0 heterocycles. The highest BCUT2D eigenvalue weighted by Crippen LogP contribution is 2.25. The lowest BCUT2D eigenvalue weighted by Crippen LogP contribution is -2.30. The maximum Gasteiger partial charge on any atom is 0.129 e. The van der Waals surface area contributed by atoms with Crippen molar-refractivity contribution in [3.8, 4) is 0 Å². The van der Waals surface area contributed by atoms with Gasteiger partial charge in [0.05, 0.1) is 6.04 Å². The molecule has 0 spiro atoms. The molecule has 0 saturated carbocycles. The number of nitrogens with two attached hydrogens (primary N) is 1. The molecule has 0 bridgehead atoms. The van der Waals surface area contributed by atoms with E-state index < -0.39 is 17.7 Å². The van der Waals surface area contributed by atoms with Crippen molar-refractivity contribution in [2.45, 2.75) is 12.5 Å². The van der Waals surface area contributed by atoms with Gasteiger partial charge in [-0.15, -0.1) is 0 Å². The average molecular weight is 392 g/mol. The summed E-state index contributed by atoms with van der Waals surface area (Å²) in [6, 6.07) is 7.39. The molecule has 3 N–H and O–H groups in total. The van der Waals surface area contributed by atoms with E-state index in [0.717, 1.165) is 0 Å². The third kappa shape index (κ3) is 3.31. The summed E-state index contributed by atoms with van der Waals surface area (Å²) in [4.78, 5) is 0. The van der Waals surface area contributed by atoms with Crippen LogP contribution in [0.5, 0.6) is 0 Å². The van der Waals surface area contributed by atoms with Crippen molar-refractivity contribution >= 4 is 22.6 Å². The Labute approximate surface area is 128 Å². The van der Waals surface area contributed by atoms with Crippen LogP contribution in [0.15, 0.2) is 36.4 Å². The summed E-state index contributed by atoms with van der Waals surface area (Å²) in [5.41, 5.74) is 3.17. The van der Waals surface area contributed by atoms with Gasteiger partial charge in [-0.25, -0.2) is 13.2 Å². The largest absolute Gasteiger partial charge is 0.271 e. The van der Waals surface area contributed by atoms with Crippen molar-refractivity contribution in [3.63, 3.8) is 0 Å². The van der Waals surface area contributed by atoms with Gasteiger partial charge in [0.15, 0.2) is 0 Å². The van der Waals surface area contributed by atoms with Crippen molar-refractivity contribution in [2.75, 3.05) is 0 Å². The predicted octanol–water partition coefficient (Wildman–Crippen LogP) is 3.46. The molecule has 0 saturated heterocycles. The maximum absolute atomic E-state index is 13.7. The van der Waals surface area contributed by atoms with E-state index in [0.29, 0.717) is 9.13 Å². The molecule has 0 radical (unpaired) electrons. The van der Waals surface area contributed by atoms with Gasteiger partial charge in [-0.2, -0.15) is 0 Å². The number of benzene rings is 2. The maximum atomic E-state index is 13.7. The fourth-order valence-electron chi connectivity index (χ4n) is 1.97. The van der Waals surface area contributed by atoms with Crippen LogP contribution in [0.2, 0.25) is 0 Å².